The third-order valence-electron chi connectivity index (χ3n) is 4.02. The Balaban J connectivity index is 2.08. The van der Waals surface area contributed by atoms with Crippen LogP contribution in [0.2, 0.25) is 12.1 Å². The number of benzene rings is 1. The van der Waals surface area contributed by atoms with Gasteiger partial charge in [0, 0.05) is 12.8 Å². The molecule has 135 valence electrons. The molecule has 1 aromatic carbocycles. The van der Waals surface area contributed by atoms with Crippen LogP contribution in [0.1, 0.15) is 50.9 Å². The molecule has 1 aliphatic heterocycles. The number of hydroxylamine groups is 2. The monoisotopic (exact) mass is 360 g/mol. The lowest BCUT2D eigenvalue weighted by Gasteiger charge is -2.20. The zero-order valence-corrected chi connectivity index (χ0v) is 16.4. The lowest BCUT2D eigenvalue weighted by Crippen LogP contribution is -2.33. The Morgan fingerprint density at radius 1 is 1.00 bits per heavy atom. The van der Waals surface area contributed by atoms with Crippen LogP contribution in [-0.2, 0) is 14.4 Å². The van der Waals surface area contributed by atoms with E-state index in [0.717, 1.165) is 0 Å². The molecule has 0 aromatic heterocycles. The number of hydrogen-bond acceptors (Lipinski definition) is 4. The Morgan fingerprint density at radius 2 is 1.48 bits per heavy atom. The SMILES string of the molecule is CC(C)C[Si](CC(C)C)c1ccc(C(=O)ON2C(=O)CCC2=O)cc1. The van der Waals surface area contributed by atoms with Crippen LogP contribution in [0.4, 0.5) is 0 Å². The quantitative estimate of drug-likeness (QED) is 0.554. The summed E-state index contributed by atoms with van der Waals surface area (Å²) in [5.74, 6) is -0.311. The highest BCUT2D eigenvalue weighted by Crippen LogP contribution is 2.16. The molecule has 25 heavy (non-hydrogen) atoms. The van der Waals surface area contributed by atoms with Gasteiger partial charge >= 0.3 is 5.97 Å². The summed E-state index contributed by atoms with van der Waals surface area (Å²) >= 11 is 0. The van der Waals surface area contributed by atoms with Crippen LogP contribution < -0.4 is 5.19 Å². The number of carbonyl (C=O) groups is 3. The molecule has 1 heterocycles. The largest absolute Gasteiger partial charge is 0.363 e. The highest BCUT2D eigenvalue weighted by molar-refractivity contribution is 6.73. The molecule has 1 aromatic rings. The fraction of sp³-hybridized carbons (Fsp3) is 0.526. The second-order valence-corrected chi connectivity index (χ2v) is 9.94. The summed E-state index contributed by atoms with van der Waals surface area (Å²) in [5, 5.41) is 1.89. The van der Waals surface area contributed by atoms with Crippen LogP contribution in [0.5, 0.6) is 0 Å². The number of carbonyl (C=O) groups excluding carboxylic acids is 3. The first-order chi connectivity index (χ1) is 11.8. The number of imide groups is 1. The zero-order valence-electron chi connectivity index (χ0n) is 15.4. The van der Waals surface area contributed by atoms with Gasteiger partial charge in [-0.05, 0) is 24.0 Å². The van der Waals surface area contributed by atoms with Crippen molar-refractivity contribution in [2.75, 3.05) is 0 Å². The molecular formula is C19H26NO4Si. The third-order valence-corrected chi connectivity index (χ3v) is 7.79. The van der Waals surface area contributed by atoms with Gasteiger partial charge in [0.1, 0.15) is 0 Å². The second kappa shape index (κ2) is 8.42. The molecule has 0 aliphatic carbocycles. The average molecular weight is 361 g/mol. The molecule has 1 aliphatic rings. The minimum Gasteiger partial charge on any atom is -0.325 e. The molecule has 2 amide bonds. The molecule has 0 unspecified atom stereocenters. The summed E-state index contributed by atoms with van der Waals surface area (Å²) in [5.41, 5.74) is 0.353. The first kappa shape index (κ1) is 19.4. The Labute approximate surface area is 150 Å². The van der Waals surface area contributed by atoms with Crippen molar-refractivity contribution in [2.45, 2.75) is 52.6 Å². The Kier molecular flexibility index (Phi) is 6.53. The molecular weight excluding hydrogens is 334 g/mol. The van der Waals surface area contributed by atoms with Gasteiger partial charge in [-0.3, -0.25) is 9.59 Å². The maximum absolute atomic E-state index is 12.2. The van der Waals surface area contributed by atoms with Gasteiger partial charge in [-0.25, -0.2) is 4.79 Å². The number of rotatable bonds is 7. The number of nitrogens with zero attached hydrogens (tertiary/aromatic N) is 1. The van der Waals surface area contributed by atoms with E-state index >= 15 is 0 Å². The minimum atomic E-state index is -0.673. The van der Waals surface area contributed by atoms with Crippen molar-refractivity contribution in [3.05, 3.63) is 29.8 Å². The molecule has 0 N–H and O–H groups in total. The van der Waals surface area contributed by atoms with Crippen LogP contribution in [0.15, 0.2) is 24.3 Å². The van der Waals surface area contributed by atoms with E-state index in [0.29, 0.717) is 22.5 Å². The second-order valence-electron chi connectivity index (χ2n) is 7.34. The standard InChI is InChI=1S/C19H26NO4Si/c1-13(2)11-25(12-14(3)4)16-7-5-15(6-8-16)19(23)24-20-17(21)9-10-18(20)22/h5-8,13-14H,9-12H2,1-4H3. The highest BCUT2D eigenvalue weighted by atomic mass is 28.3. The van der Waals surface area contributed by atoms with Crippen molar-refractivity contribution in [1.82, 2.24) is 5.06 Å². The summed E-state index contributed by atoms with van der Waals surface area (Å²) in [6.45, 7) is 8.95. The van der Waals surface area contributed by atoms with Gasteiger partial charge in [-0.15, -0.1) is 5.06 Å². The number of hydrogen-bond donors (Lipinski definition) is 0. The van der Waals surface area contributed by atoms with E-state index in [1.54, 1.807) is 12.1 Å². The highest BCUT2D eigenvalue weighted by Gasteiger charge is 2.33. The smallest absolute Gasteiger partial charge is 0.325 e. The maximum atomic E-state index is 12.2. The Bertz CT molecular complexity index is 613. The molecule has 0 bridgehead atoms. The number of amides is 2. The van der Waals surface area contributed by atoms with Crippen molar-refractivity contribution in [1.29, 1.82) is 0 Å². The molecule has 1 saturated heterocycles. The molecule has 6 heteroatoms. The topological polar surface area (TPSA) is 63.7 Å². The third kappa shape index (κ3) is 5.26. The van der Waals surface area contributed by atoms with Crippen molar-refractivity contribution in [3.8, 4) is 0 Å². The van der Waals surface area contributed by atoms with Gasteiger partial charge in [0.25, 0.3) is 11.8 Å². The van der Waals surface area contributed by atoms with E-state index in [4.69, 9.17) is 4.84 Å². The molecule has 1 radical (unpaired) electrons. The van der Waals surface area contributed by atoms with E-state index in [9.17, 15) is 14.4 Å². The first-order valence-corrected chi connectivity index (χ1v) is 10.7. The van der Waals surface area contributed by atoms with Crippen molar-refractivity contribution >= 4 is 31.8 Å². The predicted molar refractivity (Wildman–Crippen MR) is 97.6 cm³/mol. The van der Waals surface area contributed by atoms with Crippen molar-refractivity contribution < 1.29 is 19.2 Å². The molecule has 0 spiro atoms. The summed E-state index contributed by atoms with van der Waals surface area (Å²) in [7, 11) is -0.673. The first-order valence-electron chi connectivity index (χ1n) is 8.81. The molecule has 0 saturated carbocycles. The summed E-state index contributed by atoms with van der Waals surface area (Å²) in [6.07, 6.45) is 0.197. The lowest BCUT2D eigenvalue weighted by atomic mass is 10.2. The van der Waals surface area contributed by atoms with Crippen LogP contribution in [0.25, 0.3) is 0 Å². The normalized spacial score (nSPS) is 14.9. The molecule has 0 atom stereocenters. The maximum Gasteiger partial charge on any atom is 0.363 e. The van der Waals surface area contributed by atoms with E-state index in [2.05, 4.69) is 27.7 Å². The molecule has 2 rings (SSSR count). The Morgan fingerprint density at radius 3 is 1.92 bits per heavy atom. The van der Waals surface area contributed by atoms with Gasteiger partial charge in [0.15, 0.2) is 0 Å². The van der Waals surface area contributed by atoms with Gasteiger partial charge in [-0.1, -0.05) is 57.1 Å². The fourth-order valence-electron chi connectivity index (χ4n) is 2.94. The van der Waals surface area contributed by atoms with Gasteiger partial charge in [0.05, 0.1) is 14.4 Å². The summed E-state index contributed by atoms with van der Waals surface area (Å²) < 4.78 is 0. The van der Waals surface area contributed by atoms with Crippen LogP contribution in [-0.4, -0.2) is 31.6 Å². The van der Waals surface area contributed by atoms with Crippen molar-refractivity contribution in [3.63, 3.8) is 0 Å². The minimum absolute atomic E-state index is 0.0985. The average Bonchev–Trinajstić information content (AvgIpc) is 2.85. The van der Waals surface area contributed by atoms with E-state index in [1.165, 1.54) is 17.3 Å². The Hall–Kier alpha value is -1.95. The van der Waals surface area contributed by atoms with E-state index < -0.39 is 26.6 Å². The van der Waals surface area contributed by atoms with Crippen molar-refractivity contribution in [2.24, 2.45) is 11.8 Å². The van der Waals surface area contributed by atoms with Gasteiger partial charge < -0.3 is 4.84 Å². The van der Waals surface area contributed by atoms with Crippen LogP contribution >= 0.6 is 0 Å². The molecule has 1 fully saturated rings. The van der Waals surface area contributed by atoms with E-state index in [1.807, 2.05) is 12.1 Å². The van der Waals surface area contributed by atoms with Crippen LogP contribution in [0, 0.1) is 11.8 Å². The zero-order chi connectivity index (χ0) is 18.6. The van der Waals surface area contributed by atoms with Gasteiger partial charge in [0.2, 0.25) is 0 Å². The van der Waals surface area contributed by atoms with Gasteiger partial charge in [-0.2, -0.15) is 0 Å². The predicted octanol–water partition coefficient (Wildman–Crippen LogP) is 2.92. The summed E-state index contributed by atoms with van der Waals surface area (Å²) in [4.78, 5) is 40.2. The lowest BCUT2D eigenvalue weighted by molar-refractivity contribution is -0.172. The van der Waals surface area contributed by atoms with E-state index in [-0.39, 0.29) is 12.8 Å². The molecule has 5 nitrogen and oxygen atoms in total. The fourth-order valence-corrected chi connectivity index (χ4v) is 6.19. The van der Waals surface area contributed by atoms with Crippen LogP contribution in [0.3, 0.4) is 0 Å². The summed E-state index contributed by atoms with van der Waals surface area (Å²) in [6, 6.07) is 9.83.